The molecule has 0 bridgehead atoms. The number of aromatic nitrogens is 2. The molecule has 7 nitrogen and oxygen atoms in total. The molecule has 9 heteroatoms. The van der Waals surface area contributed by atoms with Crippen molar-refractivity contribution in [3.05, 3.63) is 101 Å². The van der Waals surface area contributed by atoms with Gasteiger partial charge in [-0.1, -0.05) is 68.8 Å². The highest BCUT2D eigenvalue weighted by Crippen LogP contribution is 2.40. The summed E-state index contributed by atoms with van der Waals surface area (Å²) in [6, 6.07) is 19.2. The van der Waals surface area contributed by atoms with E-state index in [-0.39, 0.29) is 10.7 Å². The van der Waals surface area contributed by atoms with Crippen LogP contribution in [0.25, 0.3) is 17.3 Å². The molecule has 0 aliphatic rings. The molecule has 43 heavy (non-hydrogen) atoms. The first kappa shape index (κ1) is 32.0. The standard InChI is InChI=1S/C34H40ClN3O4Si/c1-33(2,3)41-32(39)28(21-25-15-12-18-40-25)38-31-27(19-23-13-10-9-11-14-23)37-29(22-36-31)24-16-17-26(35)30(20-24)42-43(7,8)34(4,5)6/h9-18,20-22H,19H2,1-8H3,(H,36,38)/b28-21-. The molecule has 4 rings (SSSR count). The number of hydrogen-bond donors (Lipinski definition) is 1. The number of esters is 1. The van der Waals surface area contributed by atoms with Crippen LogP contribution in [-0.2, 0) is 16.0 Å². The Bertz CT molecular complexity index is 1590. The van der Waals surface area contributed by atoms with Gasteiger partial charge in [-0.3, -0.25) is 0 Å². The number of ether oxygens (including phenoxy) is 1. The molecule has 0 aliphatic heterocycles. The van der Waals surface area contributed by atoms with Gasteiger partial charge in [0, 0.05) is 18.1 Å². The Labute approximate surface area is 260 Å². The summed E-state index contributed by atoms with van der Waals surface area (Å²) >= 11 is 6.59. The number of benzene rings is 2. The maximum Gasteiger partial charge on any atom is 0.355 e. The SMILES string of the molecule is CC(C)(C)OC(=O)/C(=C/c1ccco1)Nc1ncc(-c2ccc(Cl)c(O[Si](C)(C)C(C)(C)C)c2)nc1Cc1ccccc1. The smallest absolute Gasteiger partial charge is 0.355 e. The van der Waals surface area contributed by atoms with E-state index in [9.17, 15) is 4.79 Å². The van der Waals surface area contributed by atoms with Crippen LogP contribution in [0.2, 0.25) is 23.2 Å². The highest BCUT2D eigenvalue weighted by Gasteiger charge is 2.39. The van der Waals surface area contributed by atoms with Crippen molar-refractivity contribution in [3.63, 3.8) is 0 Å². The van der Waals surface area contributed by atoms with Crippen LogP contribution in [0.15, 0.2) is 83.2 Å². The number of carbonyl (C=O) groups is 1. The van der Waals surface area contributed by atoms with Crippen molar-refractivity contribution in [2.75, 3.05) is 5.32 Å². The molecule has 0 amide bonds. The van der Waals surface area contributed by atoms with E-state index in [0.29, 0.717) is 40.2 Å². The Kier molecular flexibility index (Phi) is 9.52. The average molecular weight is 618 g/mol. The van der Waals surface area contributed by atoms with Crippen LogP contribution < -0.4 is 9.74 Å². The molecule has 2 aromatic heterocycles. The number of halogens is 1. The molecule has 0 atom stereocenters. The predicted octanol–water partition coefficient (Wildman–Crippen LogP) is 9.16. The molecule has 2 heterocycles. The van der Waals surface area contributed by atoms with Gasteiger partial charge in [-0.2, -0.15) is 0 Å². The second kappa shape index (κ2) is 12.8. The first-order chi connectivity index (χ1) is 20.1. The van der Waals surface area contributed by atoms with Gasteiger partial charge in [0.2, 0.25) is 0 Å². The van der Waals surface area contributed by atoms with Crippen LogP contribution in [0.3, 0.4) is 0 Å². The maximum atomic E-state index is 13.2. The average Bonchev–Trinajstić information content (AvgIpc) is 3.42. The van der Waals surface area contributed by atoms with Crippen LogP contribution in [0.5, 0.6) is 5.75 Å². The molecule has 0 fully saturated rings. The van der Waals surface area contributed by atoms with E-state index >= 15 is 0 Å². The first-order valence-corrected chi connectivity index (χ1v) is 17.5. The Hall–Kier alpha value is -3.88. The fourth-order valence-corrected chi connectivity index (χ4v) is 5.12. The third kappa shape index (κ3) is 8.58. The number of hydrogen-bond acceptors (Lipinski definition) is 7. The van der Waals surface area contributed by atoms with Crippen LogP contribution in [0, 0.1) is 0 Å². The molecule has 0 saturated carbocycles. The number of furan rings is 1. The highest BCUT2D eigenvalue weighted by molar-refractivity contribution is 6.74. The number of anilines is 1. The summed E-state index contributed by atoms with van der Waals surface area (Å²) < 4.78 is 17.7. The van der Waals surface area contributed by atoms with Gasteiger partial charge < -0.3 is 18.9 Å². The quantitative estimate of drug-likeness (QED) is 0.114. The van der Waals surface area contributed by atoms with E-state index in [4.69, 9.17) is 35.1 Å². The lowest BCUT2D eigenvalue weighted by Crippen LogP contribution is -2.43. The Morgan fingerprint density at radius 2 is 1.74 bits per heavy atom. The molecule has 1 N–H and O–H groups in total. The Balaban J connectivity index is 1.76. The van der Waals surface area contributed by atoms with E-state index in [0.717, 1.165) is 11.1 Å². The zero-order chi connectivity index (χ0) is 31.4. The summed E-state index contributed by atoms with van der Waals surface area (Å²) in [5.74, 6) is 1.03. The lowest BCUT2D eigenvalue weighted by atomic mass is 10.1. The van der Waals surface area contributed by atoms with Crippen LogP contribution in [0.1, 0.15) is 58.6 Å². The summed E-state index contributed by atoms with van der Waals surface area (Å²) in [6.45, 7) is 16.4. The maximum absolute atomic E-state index is 13.2. The molecule has 226 valence electrons. The molecule has 0 unspecified atom stereocenters. The minimum atomic E-state index is -2.13. The minimum absolute atomic E-state index is 0.0112. The van der Waals surface area contributed by atoms with Crippen molar-refractivity contribution >= 4 is 37.8 Å². The summed E-state index contributed by atoms with van der Waals surface area (Å²) in [6.07, 6.45) is 5.30. The van der Waals surface area contributed by atoms with E-state index < -0.39 is 19.9 Å². The van der Waals surface area contributed by atoms with Gasteiger partial charge in [0.1, 0.15) is 22.8 Å². The van der Waals surface area contributed by atoms with Crippen molar-refractivity contribution in [2.24, 2.45) is 0 Å². The molecule has 0 spiro atoms. The fourth-order valence-electron chi connectivity index (χ4n) is 3.87. The normalized spacial score (nSPS) is 12.6. The second-order valence-electron chi connectivity index (χ2n) is 12.9. The monoisotopic (exact) mass is 617 g/mol. The number of nitrogens with one attached hydrogen (secondary N) is 1. The van der Waals surface area contributed by atoms with E-state index in [1.807, 2.05) is 69.3 Å². The summed E-state index contributed by atoms with van der Waals surface area (Å²) in [4.78, 5) is 23.0. The van der Waals surface area contributed by atoms with Crippen molar-refractivity contribution < 1.29 is 18.4 Å². The van der Waals surface area contributed by atoms with Gasteiger partial charge in [-0.25, -0.2) is 14.8 Å². The van der Waals surface area contributed by atoms with Crippen molar-refractivity contribution in [2.45, 2.75) is 71.7 Å². The zero-order valence-corrected chi connectivity index (χ0v) is 27.9. The lowest BCUT2D eigenvalue weighted by molar-refractivity contribution is -0.149. The van der Waals surface area contributed by atoms with Gasteiger partial charge in [0.15, 0.2) is 5.82 Å². The van der Waals surface area contributed by atoms with E-state index in [1.54, 1.807) is 30.7 Å². The molecular formula is C34H40ClN3O4Si. The number of nitrogens with zero attached hydrogens (tertiary/aromatic N) is 2. The van der Waals surface area contributed by atoms with Crippen molar-refractivity contribution in [3.8, 4) is 17.0 Å². The molecular weight excluding hydrogens is 578 g/mol. The fraction of sp³-hybridized carbons (Fsp3) is 0.324. The Morgan fingerprint density at radius 1 is 1.02 bits per heavy atom. The first-order valence-electron chi connectivity index (χ1n) is 14.3. The van der Waals surface area contributed by atoms with E-state index in [2.05, 4.69) is 39.2 Å². The van der Waals surface area contributed by atoms with Gasteiger partial charge in [-0.15, -0.1) is 0 Å². The minimum Gasteiger partial charge on any atom is -0.542 e. The van der Waals surface area contributed by atoms with Crippen LogP contribution in [0.4, 0.5) is 5.82 Å². The number of rotatable bonds is 9. The van der Waals surface area contributed by atoms with Crippen molar-refractivity contribution in [1.82, 2.24) is 9.97 Å². The van der Waals surface area contributed by atoms with Crippen molar-refractivity contribution in [1.29, 1.82) is 0 Å². The lowest BCUT2D eigenvalue weighted by Gasteiger charge is -2.36. The largest absolute Gasteiger partial charge is 0.542 e. The third-order valence-electron chi connectivity index (χ3n) is 7.16. The van der Waals surface area contributed by atoms with Gasteiger partial charge in [0.05, 0.1) is 28.9 Å². The topological polar surface area (TPSA) is 86.5 Å². The van der Waals surface area contributed by atoms with Crippen LogP contribution in [-0.4, -0.2) is 29.9 Å². The molecule has 0 saturated heterocycles. The van der Waals surface area contributed by atoms with Gasteiger partial charge >= 0.3 is 5.97 Å². The molecule has 0 radical (unpaired) electrons. The molecule has 2 aromatic carbocycles. The zero-order valence-electron chi connectivity index (χ0n) is 26.1. The Morgan fingerprint density at radius 3 is 2.37 bits per heavy atom. The summed E-state index contributed by atoms with van der Waals surface area (Å²) in [5.41, 5.74) is 2.66. The third-order valence-corrected chi connectivity index (χ3v) is 11.8. The highest BCUT2D eigenvalue weighted by atomic mass is 35.5. The number of carbonyl (C=O) groups excluding carboxylic acids is 1. The molecule has 4 aromatic rings. The van der Waals surface area contributed by atoms with Gasteiger partial charge in [-0.05, 0) is 68.7 Å². The second-order valence-corrected chi connectivity index (χ2v) is 18.1. The predicted molar refractivity (Wildman–Crippen MR) is 176 cm³/mol. The summed E-state index contributed by atoms with van der Waals surface area (Å²) in [5, 5.41) is 3.75. The summed E-state index contributed by atoms with van der Waals surface area (Å²) in [7, 11) is -2.13. The van der Waals surface area contributed by atoms with Gasteiger partial charge in [0.25, 0.3) is 8.32 Å². The molecule has 0 aliphatic carbocycles. The van der Waals surface area contributed by atoms with Crippen LogP contribution >= 0.6 is 11.6 Å². The van der Waals surface area contributed by atoms with E-state index in [1.165, 1.54) is 0 Å².